The second-order valence-electron chi connectivity index (χ2n) is 9.04. The van der Waals surface area contributed by atoms with E-state index in [2.05, 4.69) is 6.07 Å². The molecule has 2 aliphatic heterocycles. The molecule has 2 amide bonds. The van der Waals surface area contributed by atoms with Crippen LogP contribution < -0.4 is 0 Å². The average molecular weight is 400 g/mol. The van der Waals surface area contributed by atoms with E-state index in [1.54, 1.807) is 32.9 Å². The van der Waals surface area contributed by atoms with Crippen molar-refractivity contribution in [2.24, 2.45) is 10.8 Å². The molecule has 1 aromatic carbocycles. The SMILES string of the molecule is CN(C)CC(=O)N1CC(Cc2ccccc2F)(C(=O)N2CCCC(C)(C#N)C2)C1. The summed E-state index contributed by atoms with van der Waals surface area (Å²) in [6, 6.07) is 8.82. The zero-order valence-electron chi connectivity index (χ0n) is 17.4. The molecule has 7 heteroatoms. The minimum absolute atomic E-state index is 0.0348. The zero-order chi connectivity index (χ0) is 21.2. The molecule has 6 nitrogen and oxygen atoms in total. The van der Waals surface area contributed by atoms with Crippen LogP contribution in [0.2, 0.25) is 0 Å². The highest BCUT2D eigenvalue weighted by molar-refractivity contribution is 5.88. The van der Waals surface area contributed by atoms with E-state index in [1.165, 1.54) is 6.07 Å². The first kappa shape index (κ1) is 21.3. The fourth-order valence-electron chi connectivity index (χ4n) is 4.40. The predicted octanol–water partition coefficient (Wildman–Crippen LogP) is 1.91. The molecule has 0 N–H and O–H groups in total. The van der Waals surface area contributed by atoms with Gasteiger partial charge in [0.1, 0.15) is 5.82 Å². The Morgan fingerprint density at radius 2 is 1.90 bits per heavy atom. The minimum atomic E-state index is -0.835. The van der Waals surface area contributed by atoms with Crippen LogP contribution in [0.25, 0.3) is 0 Å². The van der Waals surface area contributed by atoms with E-state index in [4.69, 9.17) is 0 Å². The van der Waals surface area contributed by atoms with E-state index in [0.29, 0.717) is 18.7 Å². The number of hydrogen-bond acceptors (Lipinski definition) is 4. The van der Waals surface area contributed by atoms with E-state index >= 15 is 0 Å². The van der Waals surface area contributed by atoms with Gasteiger partial charge in [-0.3, -0.25) is 9.59 Å². The number of amides is 2. The molecule has 1 atom stereocenters. The van der Waals surface area contributed by atoms with Crippen molar-refractivity contribution in [3.8, 4) is 6.07 Å². The molecule has 1 unspecified atom stereocenters. The molecule has 0 spiro atoms. The summed E-state index contributed by atoms with van der Waals surface area (Å²) in [7, 11) is 3.65. The second kappa shape index (κ2) is 8.11. The lowest BCUT2D eigenvalue weighted by Gasteiger charge is -2.52. The number of rotatable bonds is 5. The highest BCUT2D eigenvalue weighted by Gasteiger charge is 2.53. The molecule has 0 bridgehead atoms. The third-order valence-corrected chi connectivity index (χ3v) is 5.99. The molecule has 2 fully saturated rings. The number of nitrogens with zero attached hydrogens (tertiary/aromatic N) is 4. The number of nitriles is 1. The monoisotopic (exact) mass is 400 g/mol. The summed E-state index contributed by atoms with van der Waals surface area (Å²) in [5.41, 5.74) is -0.907. The van der Waals surface area contributed by atoms with Gasteiger partial charge >= 0.3 is 0 Å². The van der Waals surface area contributed by atoms with Crippen molar-refractivity contribution < 1.29 is 14.0 Å². The maximum atomic E-state index is 14.3. The van der Waals surface area contributed by atoms with Crippen LogP contribution in [0, 0.1) is 28.0 Å². The van der Waals surface area contributed by atoms with E-state index in [1.807, 2.05) is 21.0 Å². The Morgan fingerprint density at radius 1 is 1.21 bits per heavy atom. The highest BCUT2D eigenvalue weighted by atomic mass is 19.1. The molecule has 156 valence electrons. The topological polar surface area (TPSA) is 67.7 Å². The standard InChI is InChI=1S/C22H29FN4O2/c1-21(13-24)9-6-10-26(14-21)20(29)22(11-17-7-4-5-8-18(17)23)15-27(16-22)19(28)12-25(2)3/h4-5,7-8H,6,9-12,14-16H2,1-3H3. The summed E-state index contributed by atoms with van der Waals surface area (Å²) in [5.74, 6) is -0.443. The Balaban J connectivity index is 1.82. The number of carbonyl (C=O) groups is 2. The number of carbonyl (C=O) groups excluding carboxylic acids is 2. The quantitative estimate of drug-likeness (QED) is 0.757. The Morgan fingerprint density at radius 3 is 2.52 bits per heavy atom. The number of piperidine rings is 1. The van der Waals surface area contributed by atoms with Gasteiger partial charge in [0.15, 0.2) is 0 Å². The minimum Gasteiger partial charge on any atom is -0.340 e. The fourth-order valence-corrected chi connectivity index (χ4v) is 4.40. The molecule has 3 rings (SSSR count). The Hall–Kier alpha value is -2.46. The number of benzene rings is 1. The van der Waals surface area contributed by atoms with Crippen LogP contribution in [0.1, 0.15) is 25.3 Å². The molecular weight excluding hydrogens is 371 g/mol. The molecule has 0 radical (unpaired) electrons. The van der Waals surface area contributed by atoms with Crippen molar-refractivity contribution in [3.05, 3.63) is 35.6 Å². The van der Waals surface area contributed by atoms with Gasteiger partial charge in [-0.05, 0) is 51.9 Å². The van der Waals surface area contributed by atoms with Crippen LogP contribution in [0.4, 0.5) is 4.39 Å². The fraction of sp³-hybridized carbons (Fsp3) is 0.591. The molecule has 2 aliphatic rings. The summed E-state index contributed by atoms with van der Waals surface area (Å²) < 4.78 is 14.3. The largest absolute Gasteiger partial charge is 0.340 e. The smallest absolute Gasteiger partial charge is 0.236 e. The summed E-state index contributed by atoms with van der Waals surface area (Å²) in [6.45, 7) is 3.71. The van der Waals surface area contributed by atoms with Crippen LogP contribution in [0.5, 0.6) is 0 Å². The summed E-state index contributed by atoms with van der Waals surface area (Å²) in [4.78, 5) is 31.2. The zero-order valence-corrected chi connectivity index (χ0v) is 17.4. The van der Waals surface area contributed by atoms with Crippen molar-refractivity contribution in [1.29, 1.82) is 5.26 Å². The normalized spacial score (nSPS) is 23.4. The lowest BCUT2D eigenvalue weighted by Crippen LogP contribution is -2.67. The van der Waals surface area contributed by atoms with Crippen LogP contribution in [-0.4, -0.2) is 73.3 Å². The predicted molar refractivity (Wildman–Crippen MR) is 107 cm³/mol. The van der Waals surface area contributed by atoms with Crippen molar-refractivity contribution in [2.45, 2.75) is 26.2 Å². The van der Waals surface area contributed by atoms with E-state index in [9.17, 15) is 19.2 Å². The van der Waals surface area contributed by atoms with Crippen LogP contribution in [-0.2, 0) is 16.0 Å². The van der Waals surface area contributed by atoms with Gasteiger partial charge in [-0.1, -0.05) is 18.2 Å². The van der Waals surface area contributed by atoms with Crippen molar-refractivity contribution in [2.75, 3.05) is 46.8 Å². The molecule has 0 aliphatic carbocycles. The Labute approximate surface area is 171 Å². The van der Waals surface area contributed by atoms with Gasteiger partial charge in [0, 0.05) is 26.2 Å². The summed E-state index contributed by atoms with van der Waals surface area (Å²) in [6.07, 6.45) is 1.79. The number of hydrogen-bond donors (Lipinski definition) is 0. The first-order valence-electron chi connectivity index (χ1n) is 10.0. The number of halogens is 1. The Bertz CT molecular complexity index is 828. The van der Waals surface area contributed by atoms with E-state index in [-0.39, 0.29) is 43.7 Å². The van der Waals surface area contributed by atoms with Gasteiger partial charge in [-0.15, -0.1) is 0 Å². The summed E-state index contributed by atoms with van der Waals surface area (Å²) >= 11 is 0. The molecule has 2 heterocycles. The molecular formula is C22H29FN4O2. The average Bonchev–Trinajstić information content (AvgIpc) is 2.64. The van der Waals surface area contributed by atoms with Crippen molar-refractivity contribution in [1.82, 2.24) is 14.7 Å². The van der Waals surface area contributed by atoms with Gasteiger partial charge in [0.2, 0.25) is 11.8 Å². The molecule has 1 aromatic rings. The molecule has 0 aromatic heterocycles. The first-order valence-corrected chi connectivity index (χ1v) is 10.0. The summed E-state index contributed by atoms with van der Waals surface area (Å²) in [5, 5.41) is 9.50. The van der Waals surface area contributed by atoms with Gasteiger partial charge in [0.25, 0.3) is 0 Å². The van der Waals surface area contributed by atoms with Gasteiger partial charge in [0.05, 0.1) is 23.4 Å². The van der Waals surface area contributed by atoms with Gasteiger partial charge in [-0.2, -0.15) is 5.26 Å². The van der Waals surface area contributed by atoms with Crippen molar-refractivity contribution in [3.63, 3.8) is 0 Å². The lowest BCUT2D eigenvalue weighted by molar-refractivity contribution is -0.163. The molecule has 2 saturated heterocycles. The van der Waals surface area contributed by atoms with Gasteiger partial charge < -0.3 is 14.7 Å². The molecule has 29 heavy (non-hydrogen) atoms. The highest BCUT2D eigenvalue weighted by Crippen LogP contribution is 2.39. The van der Waals surface area contributed by atoms with Crippen molar-refractivity contribution >= 4 is 11.8 Å². The van der Waals surface area contributed by atoms with Crippen LogP contribution in [0.3, 0.4) is 0 Å². The lowest BCUT2D eigenvalue weighted by atomic mass is 9.72. The third-order valence-electron chi connectivity index (χ3n) is 5.99. The number of likely N-dealkylation sites (tertiary alicyclic amines) is 2. The maximum absolute atomic E-state index is 14.3. The first-order chi connectivity index (χ1) is 13.7. The molecule has 0 saturated carbocycles. The maximum Gasteiger partial charge on any atom is 0.236 e. The van der Waals surface area contributed by atoms with Crippen LogP contribution in [0.15, 0.2) is 24.3 Å². The third kappa shape index (κ3) is 4.43. The van der Waals surface area contributed by atoms with Gasteiger partial charge in [-0.25, -0.2) is 4.39 Å². The van der Waals surface area contributed by atoms with Crippen LogP contribution >= 0.6 is 0 Å². The number of likely N-dealkylation sites (N-methyl/N-ethyl adjacent to an activating group) is 1. The second-order valence-corrected chi connectivity index (χ2v) is 9.04. The Kier molecular flexibility index (Phi) is 5.95. The van der Waals surface area contributed by atoms with E-state index < -0.39 is 10.8 Å². The van der Waals surface area contributed by atoms with E-state index in [0.717, 1.165) is 12.8 Å².